The van der Waals surface area contributed by atoms with Crippen molar-refractivity contribution in [3.05, 3.63) is 79.6 Å². The van der Waals surface area contributed by atoms with Gasteiger partial charge in [-0.3, -0.25) is 31.1 Å². The van der Waals surface area contributed by atoms with Crippen molar-refractivity contribution in [2.24, 2.45) is 0 Å². The maximum Gasteiger partial charge on any atom is 0.355 e. The first kappa shape index (κ1) is 19.0. The molecule has 0 saturated heterocycles. The molecule has 0 atom stereocenters. The first-order valence-corrected chi connectivity index (χ1v) is 8.52. The summed E-state index contributed by atoms with van der Waals surface area (Å²) < 4.78 is 0.799. The Kier molecular flexibility index (Phi) is 5.60. The van der Waals surface area contributed by atoms with Crippen LogP contribution in [0.1, 0.15) is 0 Å². The lowest BCUT2D eigenvalue weighted by Crippen LogP contribution is -2.13. The molecule has 11 nitrogen and oxygen atoms in total. The van der Waals surface area contributed by atoms with Crippen LogP contribution in [0.2, 0.25) is 0 Å². The number of nitrogens with zero attached hydrogens (tertiary/aromatic N) is 4. The molecular formula is C16H12BrN7O4. The molecule has 0 amide bonds. The first-order chi connectivity index (χ1) is 13.4. The number of rotatable bonds is 7. The Labute approximate surface area is 166 Å². The third-order valence-electron chi connectivity index (χ3n) is 3.50. The number of aromatic nitrogens is 2. The van der Waals surface area contributed by atoms with Crippen LogP contribution in [0.15, 0.2) is 59.3 Å². The molecule has 0 aliphatic heterocycles. The average Bonchev–Trinajstić information content (AvgIpc) is 2.66. The number of anilines is 4. The molecule has 0 aliphatic carbocycles. The molecule has 0 aliphatic rings. The number of nitro groups is 2. The zero-order valence-electron chi connectivity index (χ0n) is 14.0. The molecule has 1 aromatic heterocycles. The van der Waals surface area contributed by atoms with Crippen molar-refractivity contribution in [1.29, 1.82) is 0 Å². The Morgan fingerprint density at radius 2 is 1.57 bits per heavy atom. The molecular weight excluding hydrogens is 434 g/mol. The number of non-ortho nitro benzene ring substituents is 1. The number of benzene rings is 2. The summed E-state index contributed by atoms with van der Waals surface area (Å²) in [6, 6.07) is 12.6. The Balaban J connectivity index is 1.82. The van der Waals surface area contributed by atoms with E-state index in [1.807, 2.05) is 6.07 Å². The summed E-state index contributed by atoms with van der Waals surface area (Å²) in [6.07, 6.45) is 1.17. The highest BCUT2D eigenvalue weighted by molar-refractivity contribution is 9.10. The summed E-state index contributed by atoms with van der Waals surface area (Å²) in [5, 5.41) is 25.1. The number of nitrogens with one attached hydrogen (secondary N) is 3. The van der Waals surface area contributed by atoms with Gasteiger partial charge in [0.2, 0.25) is 11.6 Å². The molecule has 3 N–H and O–H groups in total. The van der Waals surface area contributed by atoms with Crippen LogP contribution < -0.4 is 16.2 Å². The lowest BCUT2D eigenvalue weighted by atomic mass is 10.3. The van der Waals surface area contributed by atoms with E-state index in [2.05, 4.69) is 42.1 Å². The van der Waals surface area contributed by atoms with Crippen LogP contribution in [0.5, 0.6) is 0 Å². The zero-order chi connectivity index (χ0) is 20.1. The first-order valence-electron chi connectivity index (χ1n) is 7.72. The van der Waals surface area contributed by atoms with Crippen molar-refractivity contribution >= 4 is 50.3 Å². The van der Waals surface area contributed by atoms with E-state index in [4.69, 9.17) is 0 Å². The van der Waals surface area contributed by atoms with Gasteiger partial charge in [-0.25, -0.2) is 9.97 Å². The molecule has 0 radical (unpaired) electrons. The molecule has 3 aromatic rings. The van der Waals surface area contributed by atoms with Crippen LogP contribution in [-0.4, -0.2) is 19.8 Å². The van der Waals surface area contributed by atoms with Crippen molar-refractivity contribution in [3.63, 3.8) is 0 Å². The highest BCUT2D eigenvalue weighted by Gasteiger charge is 2.23. The van der Waals surface area contributed by atoms with Crippen molar-refractivity contribution in [1.82, 2.24) is 9.97 Å². The Hall–Kier alpha value is -3.80. The van der Waals surface area contributed by atoms with Gasteiger partial charge in [0.25, 0.3) is 5.69 Å². The number of hydrazine groups is 1. The standard InChI is InChI=1S/C16H12BrN7O4/c17-10-2-1-3-12(8-10)20-15-14(24(27)28)16(19-9-18-15)22-21-11-4-6-13(7-5-11)23(25)26/h1-9,21H,(H2,18,19,20,22). The van der Waals surface area contributed by atoms with Gasteiger partial charge in [0.15, 0.2) is 0 Å². The summed E-state index contributed by atoms with van der Waals surface area (Å²) in [5.41, 5.74) is 5.98. The highest BCUT2D eigenvalue weighted by atomic mass is 79.9. The van der Waals surface area contributed by atoms with E-state index in [-0.39, 0.29) is 23.0 Å². The summed E-state index contributed by atoms with van der Waals surface area (Å²) in [4.78, 5) is 29.0. The minimum atomic E-state index is -0.611. The third-order valence-corrected chi connectivity index (χ3v) is 3.99. The molecule has 0 fully saturated rings. The predicted molar refractivity (Wildman–Crippen MR) is 106 cm³/mol. The molecule has 0 spiro atoms. The fourth-order valence-electron chi connectivity index (χ4n) is 2.24. The van der Waals surface area contributed by atoms with Crippen LogP contribution in [-0.2, 0) is 0 Å². The van der Waals surface area contributed by atoms with Crippen molar-refractivity contribution in [2.45, 2.75) is 0 Å². The topological polar surface area (TPSA) is 148 Å². The van der Waals surface area contributed by atoms with Gasteiger partial charge >= 0.3 is 5.69 Å². The summed E-state index contributed by atoms with van der Waals surface area (Å²) >= 11 is 3.33. The number of hydrogen-bond acceptors (Lipinski definition) is 9. The minimum absolute atomic E-state index is 0.00565. The van der Waals surface area contributed by atoms with Crippen molar-refractivity contribution in [2.75, 3.05) is 16.2 Å². The lowest BCUT2D eigenvalue weighted by molar-refractivity contribution is -0.384. The lowest BCUT2D eigenvalue weighted by Gasteiger charge is -2.11. The van der Waals surface area contributed by atoms with E-state index in [1.165, 1.54) is 30.6 Å². The van der Waals surface area contributed by atoms with Crippen LogP contribution in [0, 0.1) is 20.2 Å². The normalized spacial score (nSPS) is 10.2. The predicted octanol–water partition coefficient (Wildman–Crippen LogP) is 4.24. The van der Waals surface area contributed by atoms with Gasteiger partial charge in [-0.15, -0.1) is 0 Å². The smallest absolute Gasteiger partial charge is 0.334 e. The fourth-order valence-corrected chi connectivity index (χ4v) is 2.63. The number of hydrogen-bond donors (Lipinski definition) is 3. The van der Waals surface area contributed by atoms with Gasteiger partial charge in [0.1, 0.15) is 6.33 Å². The molecule has 142 valence electrons. The number of halogens is 1. The molecule has 2 aromatic carbocycles. The molecule has 28 heavy (non-hydrogen) atoms. The molecule has 0 bridgehead atoms. The van der Waals surface area contributed by atoms with Crippen molar-refractivity contribution in [3.8, 4) is 0 Å². The van der Waals surface area contributed by atoms with Gasteiger partial charge in [0, 0.05) is 22.3 Å². The van der Waals surface area contributed by atoms with Crippen LogP contribution >= 0.6 is 15.9 Å². The average molecular weight is 446 g/mol. The van der Waals surface area contributed by atoms with Gasteiger partial charge < -0.3 is 5.32 Å². The quantitative estimate of drug-likeness (QED) is 0.358. The SMILES string of the molecule is O=[N+]([O-])c1ccc(NNc2ncnc(Nc3cccc(Br)c3)c2[N+](=O)[O-])cc1. The molecule has 0 unspecified atom stereocenters. The van der Waals surface area contributed by atoms with Gasteiger partial charge in [-0.1, -0.05) is 22.0 Å². The third kappa shape index (κ3) is 4.48. The second-order valence-corrected chi connectivity index (χ2v) is 6.28. The van der Waals surface area contributed by atoms with Crippen LogP contribution in [0.3, 0.4) is 0 Å². The summed E-state index contributed by atoms with van der Waals surface area (Å²) in [5.74, 6) is -0.0676. The summed E-state index contributed by atoms with van der Waals surface area (Å²) in [6.45, 7) is 0. The molecule has 0 saturated carbocycles. The number of nitro benzene ring substituents is 1. The van der Waals surface area contributed by atoms with Crippen LogP contribution in [0.4, 0.5) is 34.4 Å². The maximum absolute atomic E-state index is 11.6. The van der Waals surface area contributed by atoms with E-state index >= 15 is 0 Å². The van der Waals surface area contributed by atoms with E-state index in [9.17, 15) is 20.2 Å². The second-order valence-electron chi connectivity index (χ2n) is 5.37. The molecule has 12 heteroatoms. The van der Waals surface area contributed by atoms with Gasteiger partial charge in [-0.05, 0) is 30.3 Å². The van der Waals surface area contributed by atoms with Gasteiger partial charge in [-0.2, -0.15) is 0 Å². The maximum atomic E-state index is 11.6. The second kappa shape index (κ2) is 8.26. The largest absolute Gasteiger partial charge is 0.355 e. The molecule has 1 heterocycles. The zero-order valence-corrected chi connectivity index (χ0v) is 15.6. The van der Waals surface area contributed by atoms with Crippen molar-refractivity contribution < 1.29 is 9.85 Å². The van der Waals surface area contributed by atoms with E-state index in [0.717, 1.165) is 4.47 Å². The monoisotopic (exact) mass is 445 g/mol. The van der Waals surface area contributed by atoms with Crippen LogP contribution in [0.25, 0.3) is 0 Å². The molecule has 3 rings (SSSR count). The summed E-state index contributed by atoms with van der Waals surface area (Å²) in [7, 11) is 0. The van der Waals surface area contributed by atoms with Gasteiger partial charge in [0.05, 0.1) is 15.5 Å². The minimum Gasteiger partial charge on any atom is -0.334 e. The van der Waals surface area contributed by atoms with E-state index in [0.29, 0.717) is 11.4 Å². The Morgan fingerprint density at radius 1 is 0.857 bits per heavy atom. The Bertz CT molecular complexity index is 1030. The fraction of sp³-hybridized carbons (Fsp3) is 0. The van der Waals surface area contributed by atoms with E-state index < -0.39 is 9.85 Å². The van der Waals surface area contributed by atoms with E-state index in [1.54, 1.807) is 18.2 Å². The highest BCUT2D eigenvalue weighted by Crippen LogP contribution is 2.31. The Morgan fingerprint density at radius 3 is 2.21 bits per heavy atom.